The second kappa shape index (κ2) is 8.68. The molecular weight excluding hydrogens is 450 g/mol. The molecule has 0 fully saturated rings. The van der Waals surface area contributed by atoms with Gasteiger partial charge in [-0.1, -0.05) is 60.1 Å². The smallest absolute Gasteiger partial charge is 0.290 e. The monoisotopic (exact) mass is 469 g/mol. The first-order valence-electron chi connectivity index (χ1n) is 9.76. The molecule has 164 valence electrons. The van der Waals surface area contributed by atoms with Gasteiger partial charge >= 0.3 is 0 Å². The molecule has 4 rings (SSSR count). The Balaban J connectivity index is 1.87. The lowest BCUT2D eigenvalue weighted by atomic mass is 10.1. The fourth-order valence-corrected chi connectivity index (χ4v) is 5.58. The largest absolute Gasteiger partial charge is 0.502 e. The Bertz CT molecular complexity index is 1290. The predicted octanol–water partition coefficient (Wildman–Crippen LogP) is 4.68. The molecule has 0 bridgehead atoms. The highest BCUT2D eigenvalue weighted by atomic mass is 35.5. The minimum Gasteiger partial charge on any atom is -0.502 e. The number of halogens is 1. The van der Waals surface area contributed by atoms with Crippen molar-refractivity contribution in [3.63, 3.8) is 0 Å². The van der Waals surface area contributed by atoms with Gasteiger partial charge in [-0.05, 0) is 35.9 Å². The van der Waals surface area contributed by atoms with E-state index in [1.165, 1.54) is 24.1 Å². The highest BCUT2D eigenvalue weighted by Crippen LogP contribution is 2.43. The third-order valence-electron chi connectivity index (χ3n) is 5.32. The zero-order chi connectivity index (χ0) is 22.9. The van der Waals surface area contributed by atoms with Crippen LogP contribution in [0.3, 0.4) is 0 Å². The number of amides is 1. The van der Waals surface area contributed by atoms with E-state index in [2.05, 4.69) is 0 Å². The lowest BCUT2D eigenvalue weighted by molar-refractivity contribution is -0.130. The fraction of sp³-hybridized carbons (Fsp3) is 0.125. The molecule has 32 heavy (non-hydrogen) atoms. The SMILES string of the molecule is COc1ccccc1CN1C(=O)C(O)=C(S(=O)(=O)c2ccccc2)[C@@H]1c1ccc(Cl)cc1. The third kappa shape index (κ3) is 3.85. The van der Waals surface area contributed by atoms with Crippen molar-refractivity contribution in [2.24, 2.45) is 0 Å². The lowest BCUT2D eigenvalue weighted by Gasteiger charge is -2.27. The average Bonchev–Trinajstić information content (AvgIpc) is 3.06. The quantitative estimate of drug-likeness (QED) is 0.567. The van der Waals surface area contributed by atoms with Crippen LogP contribution in [0.1, 0.15) is 17.2 Å². The third-order valence-corrected chi connectivity index (χ3v) is 7.46. The maximum Gasteiger partial charge on any atom is 0.290 e. The Morgan fingerprint density at radius 3 is 2.25 bits per heavy atom. The maximum atomic E-state index is 13.5. The lowest BCUT2D eigenvalue weighted by Crippen LogP contribution is -2.30. The van der Waals surface area contributed by atoms with Gasteiger partial charge in [0.2, 0.25) is 9.84 Å². The van der Waals surface area contributed by atoms with Crippen LogP contribution in [-0.4, -0.2) is 31.4 Å². The molecular formula is C24H20ClNO5S. The van der Waals surface area contributed by atoms with Gasteiger partial charge in [0.25, 0.3) is 5.91 Å². The zero-order valence-corrected chi connectivity index (χ0v) is 18.7. The van der Waals surface area contributed by atoms with Crippen LogP contribution < -0.4 is 4.74 Å². The van der Waals surface area contributed by atoms with Crippen LogP contribution in [0.15, 0.2) is 94.4 Å². The zero-order valence-electron chi connectivity index (χ0n) is 17.1. The first-order chi connectivity index (χ1) is 15.3. The van der Waals surface area contributed by atoms with Crippen LogP contribution in [-0.2, 0) is 21.2 Å². The van der Waals surface area contributed by atoms with Crippen LogP contribution in [0.25, 0.3) is 0 Å². The molecule has 1 aliphatic rings. The number of carbonyl (C=O) groups excluding carboxylic acids is 1. The first-order valence-corrected chi connectivity index (χ1v) is 11.6. The van der Waals surface area contributed by atoms with E-state index in [1.54, 1.807) is 66.7 Å². The number of nitrogens with zero attached hydrogens (tertiary/aromatic N) is 1. The molecule has 1 atom stereocenters. The molecule has 1 amide bonds. The summed E-state index contributed by atoms with van der Waals surface area (Å²) in [4.78, 5) is 14.1. The Kier molecular flexibility index (Phi) is 5.95. The van der Waals surface area contributed by atoms with E-state index in [-0.39, 0.29) is 16.3 Å². The number of methoxy groups -OCH3 is 1. The van der Waals surface area contributed by atoms with Gasteiger partial charge in [0, 0.05) is 10.6 Å². The normalized spacial score (nSPS) is 16.5. The average molecular weight is 470 g/mol. The van der Waals surface area contributed by atoms with Gasteiger partial charge < -0.3 is 14.7 Å². The van der Waals surface area contributed by atoms with E-state index in [9.17, 15) is 18.3 Å². The molecule has 0 saturated carbocycles. The molecule has 0 saturated heterocycles. The molecule has 1 aliphatic heterocycles. The summed E-state index contributed by atoms with van der Waals surface area (Å²) in [5, 5.41) is 11.2. The van der Waals surface area contributed by atoms with Gasteiger partial charge in [-0.2, -0.15) is 0 Å². The molecule has 0 radical (unpaired) electrons. The number of ether oxygens (including phenoxy) is 1. The minimum absolute atomic E-state index is 0.00699. The Morgan fingerprint density at radius 1 is 0.969 bits per heavy atom. The summed E-state index contributed by atoms with van der Waals surface area (Å²) in [6.07, 6.45) is 0. The number of para-hydroxylation sites is 1. The predicted molar refractivity (Wildman–Crippen MR) is 121 cm³/mol. The van der Waals surface area contributed by atoms with Crippen molar-refractivity contribution in [1.82, 2.24) is 4.90 Å². The van der Waals surface area contributed by atoms with Gasteiger partial charge in [0.1, 0.15) is 10.7 Å². The number of benzene rings is 3. The van der Waals surface area contributed by atoms with Gasteiger partial charge in [-0.3, -0.25) is 4.79 Å². The molecule has 0 aromatic heterocycles. The van der Waals surface area contributed by atoms with Crippen molar-refractivity contribution >= 4 is 27.3 Å². The topological polar surface area (TPSA) is 83.9 Å². The second-order valence-corrected chi connectivity index (χ2v) is 9.58. The number of carbonyl (C=O) groups is 1. The van der Waals surface area contributed by atoms with Crippen molar-refractivity contribution in [3.8, 4) is 5.75 Å². The molecule has 3 aromatic rings. The fourth-order valence-electron chi connectivity index (χ4n) is 3.79. The molecule has 6 nitrogen and oxygen atoms in total. The number of aliphatic hydroxyl groups excluding tert-OH is 1. The summed E-state index contributed by atoms with van der Waals surface area (Å²) in [6.45, 7) is 0.0357. The van der Waals surface area contributed by atoms with Crippen molar-refractivity contribution in [2.45, 2.75) is 17.5 Å². The minimum atomic E-state index is -4.17. The summed E-state index contributed by atoms with van der Waals surface area (Å²) in [7, 11) is -2.65. The van der Waals surface area contributed by atoms with E-state index in [4.69, 9.17) is 16.3 Å². The summed E-state index contributed by atoms with van der Waals surface area (Å²) < 4.78 is 32.4. The summed E-state index contributed by atoms with van der Waals surface area (Å²) in [5.41, 5.74) is 1.18. The molecule has 0 spiro atoms. The van der Waals surface area contributed by atoms with Crippen LogP contribution in [0.2, 0.25) is 5.02 Å². The number of sulfone groups is 1. The Morgan fingerprint density at radius 2 is 1.59 bits per heavy atom. The van der Waals surface area contributed by atoms with E-state index in [1.807, 2.05) is 0 Å². The van der Waals surface area contributed by atoms with Crippen molar-refractivity contribution in [3.05, 3.63) is 106 Å². The number of hydrogen-bond donors (Lipinski definition) is 1. The second-order valence-electron chi connectivity index (χ2n) is 7.23. The highest BCUT2D eigenvalue weighted by Gasteiger charge is 2.47. The van der Waals surface area contributed by atoms with Crippen molar-refractivity contribution in [1.29, 1.82) is 0 Å². The Hall–Kier alpha value is -3.29. The van der Waals surface area contributed by atoms with Gasteiger partial charge in [-0.15, -0.1) is 0 Å². The van der Waals surface area contributed by atoms with E-state index in [0.29, 0.717) is 21.9 Å². The summed E-state index contributed by atoms with van der Waals surface area (Å²) >= 11 is 6.03. The van der Waals surface area contributed by atoms with Crippen molar-refractivity contribution < 1.29 is 23.1 Å². The number of aliphatic hydroxyl groups is 1. The number of hydrogen-bond acceptors (Lipinski definition) is 5. The van der Waals surface area contributed by atoms with Crippen LogP contribution in [0, 0.1) is 0 Å². The van der Waals surface area contributed by atoms with Crippen LogP contribution in [0.4, 0.5) is 0 Å². The van der Waals surface area contributed by atoms with E-state index >= 15 is 0 Å². The van der Waals surface area contributed by atoms with E-state index < -0.39 is 27.5 Å². The molecule has 8 heteroatoms. The number of rotatable bonds is 6. The highest BCUT2D eigenvalue weighted by molar-refractivity contribution is 7.95. The molecule has 1 heterocycles. The Labute approximate surface area is 191 Å². The van der Waals surface area contributed by atoms with Gasteiger partial charge in [-0.25, -0.2) is 8.42 Å². The summed E-state index contributed by atoms with van der Waals surface area (Å²) in [6, 6.07) is 20.4. The molecule has 0 unspecified atom stereocenters. The molecule has 1 N–H and O–H groups in total. The van der Waals surface area contributed by atoms with Gasteiger partial charge in [0.15, 0.2) is 5.76 Å². The van der Waals surface area contributed by atoms with E-state index in [0.717, 1.165) is 0 Å². The molecule has 3 aromatic carbocycles. The van der Waals surface area contributed by atoms with Crippen molar-refractivity contribution in [2.75, 3.05) is 7.11 Å². The standard InChI is InChI=1S/C24H20ClNO5S/c1-31-20-10-6-5-7-17(20)15-26-21(16-11-13-18(25)14-12-16)23(22(27)24(26)28)32(29,30)19-8-3-2-4-9-19/h2-14,21,27H,15H2,1H3/t21-/m0/s1. The van der Waals surface area contributed by atoms with Gasteiger partial charge in [0.05, 0.1) is 24.6 Å². The molecule has 0 aliphatic carbocycles. The van der Waals surface area contributed by atoms with Crippen LogP contribution in [0.5, 0.6) is 5.75 Å². The van der Waals surface area contributed by atoms with Crippen LogP contribution >= 0.6 is 11.6 Å². The first kappa shape index (κ1) is 21.9. The summed E-state index contributed by atoms with van der Waals surface area (Å²) in [5.74, 6) is -1.01. The maximum absolute atomic E-state index is 13.5.